The number of rotatable bonds is 16. The van der Waals surface area contributed by atoms with E-state index in [9.17, 15) is 37.5 Å². The molecule has 4 aliphatic rings. The van der Waals surface area contributed by atoms with Crippen molar-refractivity contribution in [1.29, 1.82) is 0 Å². The van der Waals surface area contributed by atoms with Gasteiger partial charge in [-0.15, -0.1) is 0 Å². The predicted molar refractivity (Wildman–Crippen MR) is 271 cm³/mol. The molecular weight excluding hydrogens is 1010 g/mol. The summed E-state index contributed by atoms with van der Waals surface area (Å²) in [6.45, 7) is 6.32. The summed E-state index contributed by atoms with van der Waals surface area (Å²) in [5.41, 5.74) is 4.15. The topological polar surface area (TPSA) is 330 Å². The van der Waals surface area contributed by atoms with Gasteiger partial charge in [0, 0.05) is 77.9 Å². The summed E-state index contributed by atoms with van der Waals surface area (Å²) in [4.78, 5) is 84.6. The number of cyclic esters (lactones) is 2. The van der Waals surface area contributed by atoms with Crippen LogP contribution in [0.25, 0.3) is 0 Å². The number of hydrogen-bond acceptors (Lipinski definition) is 20. The van der Waals surface area contributed by atoms with Crippen LogP contribution in [0.4, 0.5) is 50.7 Å². The fourth-order valence-corrected chi connectivity index (χ4v) is 7.21. The van der Waals surface area contributed by atoms with Gasteiger partial charge in [-0.05, 0) is 36.4 Å². The molecule has 0 saturated carbocycles. The minimum Gasteiger partial charge on any atom is -0.442 e. The molecule has 0 unspecified atom stereocenters. The lowest BCUT2D eigenvalue weighted by Gasteiger charge is -2.32. The molecule has 4 aromatic rings. The maximum Gasteiger partial charge on any atom is 0.414 e. The zero-order valence-electron chi connectivity index (χ0n) is 41.7. The number of ether oxygens (including phenoxy) is 2. The number of carbonyl (C=O) groups excluding carboxylic acids is 6. The molecule has 0 aliphatic carbocycles. The second-order valence-electron chi connectivity index (χ2n) is 16.4. The van der Waals surface area contributed by atoms with Gasteiger partial charge in [0.15, 0.2) is 0 Å². The highest BCUT2D eigenvalue weighted by Crippen LogP contribution is 2.29. The van der Waals surface area contributed by atoms with E-state index in [0.29, 0.717) is 43.2 Å². The number of aliphatic hydroxyl groups excluding tert-OH is 4. The first-order valence-corrected chi connectivity index (χ1v) is 23.8. The van der Waals surface area contributed by atoms with E-state index in [1.807, 2.05) is 0 Å². The predicted octanol–water partition coefficient (Wildman–Crippen LogP) is -0.445. The van der Waals surface area contributed by atoms with Gasteiger partial charge in [0.25, 0.3) is 0 Å². The summed E-state index contributed by atoms with van der Waals surface area (Å²) in [5.74, 6) is -1.46. The van der Waals surface area contributed by atoms with Crippen molar-refractivity contribution in [3.63, 3.8) is 0 Å². The van der Waals surface area contributed by atoms with Gasteiger partial charge in [-0.2, -0.15) is 10.2 Å². The smallest absolute Gasteiger partial charge is 0.414 e. The van der Waals surface area contributed by atoms with E-state index in [-0.39, 0.29) is 102 Å². The van der Waals surface area contributed by atoms with Crippen molar-refractivity contribution < 1.29 is 67.4 Å². The molecule has 0 bridgehead atoms. The van der Waals surface area contributed by atoms with Crippen LogP contribution in [0.5, 0.6) is 0 Å². The Morgan fingerprint density at radius 2 is 1.21 bits per heavy atom. The van der Waals surface area contributed by atoms with Gasteiger partial charge in [0.2, 0.25) is 11.8 Å². The molecule has 6 heterocycles. The van der Waals surface area contributed by atoms with Crippen LogP contribution in [0.1, 0.15) is 13.8 Å². The average molecular weight is 1070 g/mol. The zero-order chi connectivity index (χ0) is 55.0. The molecule has 2 atom stereocenters. The molecule has 4 aliphatic heterocycles. The van der Waals surface area contributed by atoms with Gasteiger partial charge >= 0.3 is 24.2 Å². The van der Waals surface area contributed by atoms with Crippen LogP contribution in [0.3, 0.4) is 0 Å². The molecule has 0 spiro atoms. The van der Waals surface area contributed by atoms with Crippen LogP contribution >= 0.6 is 0 Å². The summed E-state index contributed by atoms with van der Waals surface area (Å²) in [5, 5.41) is 51.6. The maximum absolute atomic E-state index is 14.9. The number of hydrazone groups is 2. The molecule has 8 N–H and O–H groups in total. The van der Waals surface area contributed by atoms with Crippen molar-refractivity contribution in [2.75, 3.05) is 125 Å². The molecule has 0 radical (unpaired) electrons. The number of carbonyl (C=O) groups is 6. The lowest BCUT2D eigenvalue weighted by atomic mass is 10.2. The van der Waals surface area contributed by atoms with E-state index in [1.165, 1.54) is 91.1 Å². The first-order valence-electron chi connectivity index (χ1n) is 23.8. The number of aromatic nitrogens is 4. The number of nitrogens with one attached hydrogen (secondary N) is 4. The van der Waals surface area contributed by atoms with Crippen molar-refractivity contribution in [3.05, 3.63) is 85.5 Å². The quantitative estimate of drug-likeness (QED) is 0.0659. The van der Waals surface area contributed by atoms with Gasteiger partial charge in [-0.25, -0.2) is 42.9 Å². The lowest BCUT2D eigenvalue weighted by molar-refractivity contribution is -0.120. The number of imidazole rings is 2. The molecule has 28 nitrogen and oxygen atoms in total. The third kappa shape index (κ3) is 17.4. The first-order chi connectivity index (χ1) is 36.7. The summed E-state index contributed by atoms with van der Waals surface area (Å²) in [6, 6.07) is 8.21. The van der Waals surface area contributed by atoms with E-state index >= 15 is 0 Å². The van der Waals surface area contributed by atoms with E-state index < -0.39 is 42.1 Å². The van der Waals surface area contributed by atoms with Gasteiger partial charge in [0.1, 0.15) is 49.2 Å². The molecule has 412 valence electrons. The Morgan fingerprint density at radius 1 is 0.711 bits per heavy atom. The molecule has 30 heteroatoms. The fourth-order valence-electron chi connectivity index (χ4n) is 7.21. The minimum absolute atomic E-state index is 0.0653. The number of amides is 6. The van der Waals surface area contributed by atoms with Gasteiger partial charge in [-0.1, -0.05) is 0 Å². The molecule has 8 rings (SSSR count). The molecule has 2 aromatic carbocycles. The number of hydrogen-bond donors (Lipinski definition) is 8. The Bertz CT molecular complexity index is 2530. The van der Waals surface area contributed by atoms with Gasteiger partial charge in [0.05, 0.1) is 88.4 Å². The standard InChI is InChI=1S/C20H27FN6O6.C15H18FN5O3.C7H6N4O.C4H11NO2/c1-14(30)22-11-16-12-26(20(32)33-16)15-2-3-18(17(21)10-15)25-4-5-27(23-13-25)19(31)24(6-8-28)7-9-29;1-10(22)17-7-12-8-21(15(23)24-12)11-2-3-14(13(16)6-11)20-5-4-18-19-9-20;12-7(10-3-1-8-5-10)11-4-2-9-6-11;6-3-1-5-2-4-7/h2-3,10,13,16,28-29H,4-9,11-12H2,1H3,(H,22,30);2-3,6,9,12,18H,4-5,7-8H2,1H3,(H,17,22);1-6H;5-7H,1-4H2/t16-;12-;;/m00../s1. The van der Waals surface area contributed by atoms with Gasteiger partial charge in [-0.3, -0.25) is 28.5 Å². The van der Waals surface area contributed by atoms with Crippen LogP contribution in [0, 0.1) is 11.6 Å². The van der Waals surface area contributed by atoms with Gasteiger partial charge < -0.3 is 66.0 Å². The Balaban J connectivity index is 0.000000214. The maximum atomic E-state index is 14.9. The number of nitrogens with zero attached hydrogens (tertiary/aromatic N) is 12. The zero-order valence-corrected chi connectivity index (χ0v) is 41.7. The number of urea groups is 1. The van der Waals surface area contributed by atoms with Crippen LogP contribution in [0.15, 0.2) is 84.0 Å². The number of benzene rings is 2. The Labute approximate surface area is 434 Å². The van der Waals surface area contributed by atoms with Crippen molar-refractivity contribution in [2.45, 2.75) is 26.1 Å². The number of aliphatic hydroxyl groups is 4. The van der Waals surface area contributed by atoms with Crippen LogP contribution < -0.4 is 41.0 Å². The number of halogens is 2. The second-order valence-corrected chi connectivity index (χ2v) is 16.4. The molecule has 2 aromatic heterocycles. The first kappa shape index (κ1) is 58.6. The highest BCUT2D eigenvalue weighted by Gasteiger charge is 2.34. The Hall–Kier alpha value is -8.32. The van der Waals surface area contributed by atoms with E-state index in [1.54, 1.807) is 47.9 Å². The highest BCUT2D eigenvalue weighted by molar-refractivity contribution is 5.92. The molecule has 2 saturated heterocycles. The highest BCUT2D eigenvalue weighted by atomic mass is 19.1. The molecule has 6 amide bonds. The number of anilines is 4. The second kappa shape index (κ2) is 30.1. The fraction of sp³-hybridized carbons (Fsp3) is 0.435. The third-order valence-corrected chi connectivity index (χ3v) is 10.9. The molecule has 2 fully saturated rings. The Morgan fingerprint density at radius 3 is 1.59 bits per heavy atom. The lowest BCUT2D eigenvalue weighted by Crippen LogP contribution is -2.48. The van der Waals surface area contributed by atoms with Crippen molar-refractivity contribution in [1.82, 2.24) is 50.4 Å². The van der Waals surface area contributed by atoms with Crippen molar-refractivity contribution in [3.8, 4) is 0 Å². The summed E-state index contributed by atoms with van der Waals surface area (Å²) in [7, 11) is 0. The normalized spacial score (nSPS) is 16.5. The monoisotopic (exact) mass is 1070 g/mol. The Kier molecular flexibility index (Phi) is 23.2. The summed E-state index contributed by atoms with van der Waals surface area (Å²) < 4.78 is 42.4. The van der Waals surface area contributed by atoms with E-state index in [2.05, 4.69) is 41.5 Å². The van der Waals surface area contributed by atoms with E-state index in [0.717, 1.165) is 0 Å². The van der Waals surface area contributed by atoms with Crippen molar-refractivity contribution >= 4 is 71.5 Å². The van der Waals surface area contributed by atoms with Crippen molar-refractivity contribution in [2.24, 2.45) is 10.2 Å². The minimum atomic E-state index is -0.624. The molecule has 76 heavy (non-hydrogen) atoms. The van der Waals surface area contributed by atoms with Crippen LogP contribution in [0.2, 0.25) is 0 Å². The van der Waals surface area contributed by atoms with E-state index in [4.69, 9.17) is 29.9 Å². The summed E-state index contributed by atoms with van der Waals surface area (Å²) >= 11 is 0. The average Bonchev–Trinajstić information content (AvgIpc) is 4.28. The largest absolute Gasteiger partial charge is 0.442 e. The summed E-state index contributed by atoms with van der Waals surface area (Å²) in [6.07, 6.45) is 9.85. The van der Waals surface area contributed by atoms with Crippen LogP contribution in [-0.4, -0.2) is 215 Å². The third-order valence-electron chi connectivity index (χ3n) is 10.9. The SMILES string of the molecule is CC(=O)NC[C@H]1CN(c2ccc(N3C=NN(C(=O)N(CCO)CCO)CC3)c(F)c2)C(=O)O1.CC(=O)NC[C@H]1CN(c2ccc(N3C=NNCC3)c(F)c2)C(=O)O1.O=C(n1ccnc1)n1ccnc1.OCCNCCO. The molecular formula is C46H62F2N16O12. The van der Waals surface area contributed by atoms with Crippen LogP contribution in [-0.2, 0) is 19.1 Å².